The molecule has 7 heteroatoms. The Labute approximate surface area is 104 Å². The number of hydrogen-bond donors (Lipinski definition) is 2. The van der Waals surface area contributed by atoms with Crippen molar-refractivity contribution in [1.29, 1.82) is 0 Å². The quantitative estimate of drug-likeness (QED) is 0.609. The minimum atomic E-state index is -1.24. The van der Waals surface area contributed by atoms with E-state index in [1.165, 1.54) is 25.1 Å². The Morgan fingerprint density at radius 1 is 1.61 bits per heavy atom. The maximum absolute atomic E-state index is 11.3. The molecule has 18 heavy (non-hydrogen) atoms. The summed E-state index contributed by atoms with van der Waals surface area (Å²) >= 11 is 0. The molecule has 7 nitrogen and oxygen atoms in total. The van der Waals surface area contributed by atoms with E-state index in [0.29, 0.717) is 12.4 Å². The van der Waals surface area contributed by atoms with Crippen molar-refractivity contribution in [2.75, 3.05) is 11.9 Å². The third-order valence-corrected chi connectivity index (χ3v) is 2.11. The molecule has 2 N–H and O–H groups in total. The number of nitro groups is 1. The van der Waals surface area contributed by atoms with Crippen molar-refractivity contribution in [3.05, 3.63) is 28.3 Å². The number of ether oxygens (including phenoxy) is 1. The van der Waals surface area contributed by atoms with Crippen LogP contribution >= 0.6 is 0 Å². The number of carbonyl (C=O) groups excluding carboxylic acids is 1. The lowest BCUT2D eigenvalue weighted by Crippen LogP contribution is -2.24. The number of nitro benzene ring substituents is 1. The van der Waals surface area contributed by atoms with Gasteiger partial charge in [0.2, 0.25) is 0 Å². The van der Waals surface area contributed by atoms with Crippen LogP contribution in [0.3, 0.4) is 0 Å². The summed E-state index contributed by atoms with van der Waals surface area (Å²) in [5.74, 6) is -0.360. The van der Waals surface area contributed by atoms with Gasteiger partial charge in [-0.3, -0.25) is 14.9 Å². The minimum Gasteiger partial charge on any atom is -0.494 e. The van der Waals surface area contributed by atoms with Crippen LogP contribution in [0, 0.1) is 10.1 Å². The van der Waals surface area contributed by atoms with Crippen LogP contribution < -0.4 is 10.1 Å². The molecular formula is C11H14N2O5. The van der Waals surface area contributed by atoms with Gasteiger partial charge in [0.25, 0.3) is 11.6 Å². The van der Waals surface area contributed by atoms with Crippen molar-refractivity contribution in [3.8, 4) is 5.75 Å². The molecule has 0 heterocycles. The molecule has 0 unspecified atom stereocenters. The topological polar surface area (TPSA) is 102 Å². The number of rotatable bonds is 5. The number of anilines is 1. The van der Waals surface area contributed by atoms with Crippen molar-refractivity contribution >= 4 is 17.3 Å². The fraction of sp³-hybridized carbons (Fsp3) is 0.364. The lowest BCUT2D eigenvalue weighted by Gasteiger charge is -2.09. The standard InChI is InChI=1S/C11H14N2O5/c1-3-18-8-4-5-9(10(6-8)13(16)17)12-11(15)7(2)14/h4-7,14H,3H2,1-2H3,(H,12,15)/t7-/m0/s1. The van der Waals surface area contributed by atoms with Gasteiger partial charge in [-0.05, 0) is 26.0 Å². The van der Waals surface area contributed by atoms with E-state index in [1.807, 2.05) is 0 Å². The van der Waals surface area contributed by atoms with E-state index in [1.54, 1.807) is 6.92 Å². The maximum Gasteiger partial charge on any atom is 0.296 e. The molecule has 0 saturated heterocycles. The van der Waals surface area contributed by atoms with Gasteiger partial charge in [0.1, 0.15) is 17.5 Å². The van der Waals surface area contributed by atoms with E-state index >= 15 is 0 Å². The average molecular weight is 254 g/mol. The van der Waals surface area contributed by atoms with E-state index in [9.17, 15) is 14.9 Å². The Bertz CT molecular complexity index is 459. The number of aliphatic hydroxyl groups excluding tert-OH is 1. The predicted molar refractivity (Wildman–Crippen MR) is 64.6 cm³/mol. The van der Waals surface area contributed by atoms with E-state index in [-0.39, 0.29) is 11.4 Å². The van der Waals surface area contributed by atoms with Crippen LogP contribution in [-0.2, 0) is 4.79 Å². The first-order valence-corrected chi connectivity index (χ1v) is 5.36. The molecule has 0 aliphatic rings. The van der Waals surface area contributed by atoms with Gasteiger partial charge in [-0.15, -0.1) is 0 Å². The van der Waals surface area contributed by atoms with Crippen LogP contribution in [0.25, 0.3) is 0 Å². The second-order valence-corrected chi connectivity index (χ2v) is 3.53. The molecule has 0 fully saturated rings. The fourth-order valence-electron chi connectivity index (χ4n) is 1.26. The highest BCUT2D eigenvalue weighted by Crippen LogP contribution is 2.29. The minimum absolute atomic E-state index is 0.0225. The van der Waals surface area contributed by atoms with Gasteiger partial charge in [-0.1, -0.05) is 0 Å². The smallest absolute Gasteiger partial charge is 0.296 e. The number of benzene rings is 1. The molecule has 0 spiro atoms. The highest BCUT2D eigenvalue weighted by molar-refractivity contribution is 5.95. The van der Waals surface area contributed by atoms with Crippen molar-refractivity contribution in [1.82, 2.24) is 0 Å². The van der Waals surface area contributed by atoms with Gasteiger partial charge < -0.3 is 15.2 Å². The van der Waals surface area contributed by atoms with E-state index in [0.717, 1.165) is 0 Å². The Morgan fingerprint density at radius 3 is 2.78 bits per heavy atom. The molecule has 1 aromatic rings. The van der Waals surface area contributed by atoms with Gasteiger partial charge in [0, 0.05) is 0 Å². The summed E-state index contributed by atoms with van der Waals surface area (Å²) in [7, 11) is 0. The van der Waals surface area contributed by atoms with Crippen LogP contribution in [0.2, 0.25) is 0 Å². The number of nitrogens with one attached hydrogen (secondary N) is 1. The zero-order valence-electron chi connectivity index (χ0n) is 10.0. The van der Waals surface area contributed by atoms with Crippen molar-refractivity contribution < 1.29 is 19.6 Å². The first-order valence-electron chi connectivity index (χ1n) is 5.36. The first-order chi connectivity index (χ1) is 8.45. The summed E-state index contributed by atoms with van der Waals surface area (Å²) in [6.45, 7) is 3.42. The summed E-state index contributed by atoms with van der Waals surface area (Å²) < 4.78 is 5.14. The number of aliphatic hydroxyl groups is 1. The van der Waals surface area contributed by atoms with Crippen molar-refractivity contribution in [2.45, 2.75) is 20.0 Å². The molecule has 1 atom stereocenters. The molecule has 0 radical (unpaired) electrons. The summed E-state index contributed by atoms with van der Waals surface area (Å²) in [6.07, 6.45) is -1.24. The second kappa shape index (κ2) is 5.97. The Balaban J connectivity index is 3.04. The van der Waals surface area contributed by atoms with Crippen LogP contribution in [0.5, 0.6) is 5.75 Å². The van der Waals surface area contributed by atoms with Crippen LogP contribution in [0.15, 0.2) is 18.2 Å². The Morgan fingerprint density at radius 2 is 2.28 bits per heavy atom. The van der Waals surface area contributed by atoms with Gasteiger partial charge >= 0.3 is 0 Å². The summed E-state index contributed by atoms with van der Waals surface area (Å²) in [6, 6.07) is 4.10. The summed E-state index contributed by atoms with van der Waals surface area (Å²) in [4.78, 5) is 21.5. The molecule has 0 bridgehead atoms. The molecule has 0 aliphatic carbocycles. The molecule has 1 aromatic carbocycles. The number of hydrogen-bond acceptors (Lipinski definition) is 5. The lowest BCUT2D eigenvalue weighted by molar-refractivity contribution is -0.384. The second-order valence-electron chi connectivity index (χ2n) is 3.53. The zero-order valence-corrected chi connectivity index (χ0v) is 10.0. The molecule has 0 saturated carbocycles. The zero-order chi connectivity index (χ0) is 13.7. The SMILES string of the molecule is CCOc1ccc(NC(=O)[C@H](C)O)c([N+](=O)[O-])c1. The molecule has 0 aromatic heterocycles. The third-order valence-electron chi connectivity index (χ3n) is 2.11. The van der Waals surface area contributed by atoms with E-state index in [2.05, 4.69) is 5.32 Å². The number of carbonyl (C=O) groups is 1. The molecular weight excluding hydrogens is 240 g/mol. The number of nitrogens with zero attached hydrogens (tertiary/aromatic N) is 1. The van der Waals surface area contributed by atoms with Crippen molar-refractivity contribution in [2.24, 2.45) is 0 Å². The summed E-state index contributed by atoms with van der Waals surface area (Å²) in [5.41, 5.74) is -0.260. The monoisotopic (exact) mass is 254 g/mol. The number of amides is 1. The van der Waals surface area contributed by atoms with Gasteiger partial charge in [-0.25, -0.2) is 0 Å². The lowest BCUT2D eigenvalue weighted by atomic mass is 10.2. The van der Waals surface area contributed by atoms with Gasteiger partial charge in [0.05, 0.1) is 17.6 Å². The van der Waals surface area contributed by atoms with Crippen LogP contribution in [0.1, 0.15) is 13.8 Å². The average Bonchev–Trinajstić information content (AvgIpc) is 2.30. The first kappa shape index (κ1) is 13.9. The van der Waals surface area contributed by atoms with E-state index < -0.39 is 16.9 Å². The highest BCUT2D eigenvalue weighted by Gasteiger charge is 2.18. The molecule has 1 amide bonds. The maximum atomic E-state index is 11.3. The largest absolute Gasteiger partial charge is 0.494 e. The Hall–Kier alpha value is -2.15. The fourth-order valence-corrected chi connectivity index (χ4v) is 1.26. The third kappa shape index (κ3) is 3.42. The molecule has 98 valence electrons. The van der Waals surface area contributed by atoms with Crippen LogP contribution in [-0.4, -0.2) is 28.6 Å². The Kier molecular flexibility index (Phi) is 4.61. The normalized spacial score (nSPS) is 11.7. The highest BCUT2D eigenvalue weighted by atomic mass is 16.6. The van der Waals surface area contributed by atoms with Crippen LogP contribution in [0.4, 0.5) is 11.4 Å². The van der Waals surface area contributed by atoms with Crippen molar-refractivity contribution in [3.63, 3.8) is 0 Å². The van der Waals surface area contributed by atoms with Gasteiger partial charge in [0.15, 0.2) is 0 Å². The van der Waals surface area contributed by atoms with E-state index in [4.69, 9.17) is 9.84 Å². The molecule has 1 rings (SSSR count). The van der Waals surface area contributed by atoms with Gasteiger partial charge in [-0.2, -0.15) is 0 Å². The summed E-state index contributed by atoms with van der Waals surface area (Å²) in [5, 5.41) is 22.2. The molecule has 0 aliphatic heterocycles. The predicted octanol–water partition coefficient (Wildman–Crippen LogP) is 1.31.